The summed E-state index contributed by atoms with van der Waals surface area (Å²) in [6.07, 6.45) is -1.33. The van der Waals surface area contributed by atoms with Crippen molar-refractivity contribution in [1.82, 2.24) is 9.55 Å². The van der Waals surface area contributed by atoms with Crippen LogP contribution in [-0.4, -0.2) is 27.6 Å². The number of nitrogens with one attached hydrogen (secondary N) is 1. The Morgan fingerprint density at radius 1 is 1.17 bits per heavy atom. The number of rotatable bonds is 7. The Morgan fingerprint density at radius 3 is 2.59 bits per heavy atom. The number of thioether (sulfide) groups is 1. The summed E-state index contributed by atoms with van der Waals surface area (Å²) >= 11 is 7.42. The van der Waals surface area contributed by atoms with Gasteiger partial charge in [-0.2, -0.15) is 0 Å². The van der Waals surface area contributed by atoms with Crippen LogP contribution in [0.2, 0.25) is 5.02 Å². The van der Waals surface area contributed by atoms with Gasteiger partial charge in [0, 0.05) is 23.1 Å². The normalized spacial score (nSPS) is 11.3. The molecule has 1 N–H and O–H groups in total. The van der Waals surface area contributed by atoms with E-state index in [-0.39, 0.29) is 17.4 Å². The Labute approximate surface area is 173 Å². The van der Waals surface area contributed by atoms with Crippen LogP contribution in [-0.2, 0) is 11.3 Å². The minimum Gasteiger partial charge on any atom is -0.406 e. The van der Waals surface area contributed by atoms with Gasteiger partial charge in [-0.15, -0.1) is 13.2 Å². The first-order valence-corrected chi connectivity index (χ1v) is 9.69. The molecule has 0 saturated heterocycles. The molecule has 3 aromatic rings. The maximum absolute atomic E-state index is 12.2. The number of hydrogen-bond acceptors (Lipinski definition) is 4. The highest BCUT2D eigenvalue weighted by atomic mass is 35.5. The number of alkyl halides is 3. The SMILES string of the molecule is O=C(CSc1nccn1Cc1ccccc1Cl)Nc1ccc(OC(F)(F)F)cc1. The number of hydrogen-bond donors (Lipinski definition) is 1. The number of ether oxygens (including phenoxy) is 1. The molecule has 0 atom stereocenters. The van der Waals surface area contributed by atoms with Crippen LogP contribution in [0.3, 0.4) is 0 Å². The monoisotopic (exact) mass is 441 g/mol. The molecule has 10 heteroatoms. The highest BCUT2D eigenvalue weighted by molar-refractivity contribution is 7.99. The van der Waals surface area contributed by atoms with Gasteiger partial charge >= 0.3 is 6.36 Å². The van der Waals surface area contributed by atoms with E-state index < -0.39 is 6.36 Å². The second-order valence-corrected chi connectivity index (χ2v) is 7.19. The van der Waals surface area contributed by atoms with Crippen molar-refractivity contribution in [2.24, 2.45) is 0 Å². The molecule has 0 aliphatic carbocycles. The minimum atomic E-state index is -4.76. The molecule has 0 aliphatic rings. The highest BCUT2D eigenvalue weighted by Gasteiger charge is 2.30. The van der Waals surface area contributed by atoms with E-state index in [2.05, 4.69) is 15.0 Å². The van der Waals surface area contributed by atoms with Crippen LogP contribution < -0.4 is 10.1 Å². The number of carbonyl (C=O) groups excluding carboxylic acids is 1. The van der Waals surface area contributed by atoms with Crippen molar-refractivity contribution in [3.63, 3.8) is 0 Å². The number of benzene rings is 2. The first kappa shape index (κ1) is 21.1. The van der Waals surface area contributed by atoms with Crippen molar-refractivity contribution >= 4 is 35.0 Å². The number of halogens is 4. The number of imidazole rings is 1. The van der Waals surface area contributed by atoms with Crippen molar-refractivity contribution in [3.05, 3.63) is 71.5 Å². The number of aromatic nitrogens is 2. The third-order valence-electron chi connectivity index (χ3n) is 3.68. The van der Waals surface area contributed by atoms with Crippen molar-refractivity contribution in [1.29, 1.82) is 0 Å². The lowest BCUT2D eigenvalue weighted by Gasteiger charge is -2.10. The fourth-order valence-electron chi connectivity index (χ4n) is 2.43. The maximum Gasteiger partial charge on any atom is 0.573 e. The number of carbonyl (C=O) groups is 1. The summed E-state index contributed by atoms with van der Waals surface area (Å²) in [7, 11) is 0. The average Bonchev–Trinajstić information content (AvgIpc) is 3.09. The quantitative estimate of drug-likeness (QED) is 0.511. The van der Waals surface area contributed by atoms with Crippen molar-refractivity contribution in [3.8, 4) is 5.75 Å². The maximum atomic E-state index is 12.2. The topological polar surface area (TPSA) is 56.2 Å². The van der Waals surface area contributed by atoms with Crippen LogP contribution in [0.15, 0.2) is 66.1 Å². The third kappa shape index (κ3) is 6.43. The van der Waals surface area contributed by atoms with E-state index in [1.165, 1.54) is 23.9 Å². The average molecular weight is 442 g/mol. The Balaban J connectivity index is 1.54. The molecule has 152 valence electrons. The molecule has 5 nitrogen and oxygen atoms in total. The van der Waals surface area contributed by atoms with E-state index in [0.29, 0.717) is 22.4 Å². The second kappa shape index (κ2) is 9.23. The summed E-state index contributed by atoms with van der Waals surface area (Å²) in [5.41, 5.74) is 1.30. The molecule has 3 rings (SSSR count). The highest BCUT2D eigenvalue weighted by Crippen LogP contribution is 2.24. The van der Waals surface area contributed by atoms with E-state index in [1.54, 1.807) is 18.5 Å². The Morgan fingerprint density at radius 2 is 1.90 bits per heavy atom. The van der Waals surface area contributed by atoms with Crippen LogP contribution in [0, 0.1) is 0 Å². The van der Waals surface area contributed by atoms with E-state index in [9.17, 15) is 18.0 Å². The van der Waals surface area contributed by atoms with E-state index in [4.69, 9.17) is 11.6 Å². The molecular formula is C19H15ClF3N3O2S. The van der Waals surface area contributed by atoms with Gasteiger partial charge in [0.1, 0.15) is 5.75 Å². The van der Waals surface area contributed by atoms with Crippen molar-refractivity contribution in [2.45, 2.75) is 18.1 Å². The molecule has 1 heterocycles. The van der Waals surface area contributed by atoms with Gasteiger partial charge in [0.15, 0.2) is 5.16 Å². The lowest BCUT2D eigenvalue weighted by molar-refractivity contribution is -0.274. The molecular weight excluding hydrogens is 427 g/mol. The predicted molar refractivity (Wildman–Crippen MR) is 105 cm³/mol. The van der Waals surface area contributed by atoms with Gasteiger partial charge in [-0.1, -0.05) is 41.6 Å². The zero-order chi connectivity index (χ0) is 20.9. The third-order valence-corrected chi connectivity index (χ3v) is 5.05. The van der Waals surface area contributed by atoms with Gasteiger partial charge in [0.2, 0.25) is 5.91 Å². The standard InChI is InChI=1S/C19H15ClF3N3O2S/c20-16-4-2-1-3-13(16)11-26-10-9-24-18(26)29-12-17(27)25-14-5-7-15(8-6-14)28-19(21,22)23/h1-10H,11-12H2,(H,25,27). The molecule has 1 amide bonds. The number of amides is 1. The number of anilines is 1. The fourth-order valence-corrected chi connectivity index (χ4v) is 3.39. The summed E-state index contributed by atoms with van der Waals surface area (Å²) in [5, 5.41) is 3.91. The summed E-state index contributed by atoms with van der Waals surface area (Å²) in [4.78, 5) is 16.4. The summed E-state index contributed by atoms with van der Waals surface area (Å²) in [5.74, 6) is -0.585. The molecule has 0 radical (unpaired) electrons. The summed E-state index contributed by atoms with van der Waals surface area (Å²) in [6, 6.07) is 12.4. The van der Waals surface area contributed by atoms with Gasteiger partial charge in [-0.05, 0) is 35.9 Å². The molecule has 0 fully saturated rings. The van der Waals surface area contributed by atoms with Gasteiger partial charge in [-0.3, -0.25) is 4.79 Å². The van der Waals surface area contributed by atoms with Crippen LogP contribution in [0.25, 0.3) is 0 Å². The van der Waals surface area contributed by atoms with Gasteiger partial charge < -0.3 is 14.6 Å². The zero-order valence-corrected chi connectivity index (χ0v) is 16.4. The smallest absolute Gasteiger partial charge is 0.406 e. The largest absolute Gasteiger partial charge is 0.573 e. The van der Waals surface area contributed by atoms with Crippen molar-refractivity contribution in [2.75, 3.05) is 11.1 Å². The van der Waals surface area contributed by atoms with Crippen LogP contribution >= 0.6 is 23.4 Å². The lowest BCUT2D eigenvalue weighted by Crippen LogP contribution is -2.17. The number of nitrogens with zero attached hydrogens (tertiary/aromatic N) is 2. The first-order valence-electron chi connectivity index (χ1n) is 8.33. The van der Waals surface area contributed by atoms with Gasteiger partial charge in [0.25, 0.3) is 0 Å². The molecule has 0 spiro atoms. The molecule has 0 saturated carbocycles. The minimum absolute atomic E-state index is 0.0837. The van der Waals surface area contributed by atoms with Crippen LogP contribution in [0.1, 0.15) is 5.56 Å². The predicted octanol–water partition coefficient (Wildman–Crippen LogP) is 5.21. The Hall–Kier alpha value is -2.65. The second-order valence-electron chi connectivity index (χ2n) is 5.84. The van der Waals surface area contributed by atoms with Gasteiger partial charge in [-0.25, -0.2) is 4.98 Å². The summed E-state index contributed by atoms with van der Waals surface area (Å²) in [6.45, 7) is 0.518. The molecule has 0 aliphatic heterocycles. The van der Waals surface area contributed by atoms with Crippen molar-refractivity contribution < 1.29 is 22.7 Å². The van der Waals surface area contributed by atoms with Crippen LogP contribution in [0.4, 0.5) is 18.9 Å². The first-order chi connectivity index (χ1) is 13.8. The fraction of sp³-hybridized carbons (Fsp3) is 0.158. The van der Waals surface area contributed by atoms with Crippen LogP contribution in [0.5, 0.6) is 5.75 Å². The molecule has 2 aromatic carbocycles. The molecule has 1 aromatic heterocycles. The van der Waals surface area contributed by atoms with E-state index >= 15 is 0 Å². The lowest BCUT2D eigenvalue weighted by atomic mass is 10.2. The molecule has 29 heavy (non-hydrogen) atoms. The van der Waals surface area contributed by atoms with E-state index in [0.717, 1.165) is 17.7 Å². The molecule has 0 bridgehead atoms. The Kier molecular flexibility index (Phi) is 6.71. The van der Waals surface area contributed by atoms with E-state index in [1.807, 2.05) is 22.8 Å². The zero-order valence-electron chi connectivity index (χ0n) is 14.8. The summed E-state index contributed by atoms with van der Waals surface area (Å²) < 4.78 is 42.2. The Bertz CT molecular complexity index is 977. The van der Waals surface area contributed by atoms with Gasteiger partial charge in [0.05, 0.1) is 12.3 Å². The molecule has 0 unspecified atom stereocenters.